The third-order valence-corrected chi connectivity index (χ3v) is 1.17. The largest absolute Gasteiger partial charge is 0.465 e. The zero-order chi connectivity index (χ0) is 8.27. The molecule has 57 valence electrons. The van der Waals surface area contributed by atoms with Gasteiger partial charge in [-0.15, -0.1) is 0 Å². The minimum Gasteiger partial charge on any atom is -0.465 e. The lowest BCUT2D eigenvalue weighted by atomic mass is 10.2. The maximum atomic E-state index is 12.4. The van der Waals surface area contributed by atoms with E-state index in [2.05, 4.69) is 10.8 Å². The van der Waals surface area contributed by atoms with E-state index in [0.29, 0.717) is 0 Å². The molecule has 11 heavy (non-hydrogen) atoms. The second-order valence-electron chi connectivity index (χ2n) is 1.93. The minimum atomic E-state index is -0.555. The number of rotatable bonds is 1. The molecule has 0 aliphatic rings. The Morgan fingerprint density at radius 1 is 1.64 bits per heavy atom. The molecule has 1 aromatic carbocycles. The number of esters is 1. The van der Waals surface area contributed by atoms with Crippen LogP contribution in [0.1, 0.15) is 10.4 Å². The van der Waals surface area contributed by atoms with Gasteiger partial charge in [0.1, 0.15) is 5.82 Å². The minimum absolute atomic E-state index is 0.174. The molecule has 0 aromatic heterocycles. The van der Waals surface area contributed by atoms with Crippen molar-refractivity contribution in [1.82, 2.24) is 0 Å². The van der Waals surface area contributed by atoms with E-state index in [1.54, 1.807) is 0 Å². The predicted octanol–water partition coefficient (Wildman–Crippen LogP) is 1.41. The first-order chi connectivity index (χ1) is 5.24. The van der Waals surface area contributed by atoms with Crippen molar-refractivity contribution in [3.05, 3.63) is 35.6 Å². The molecule has 1 rings (SSSR count). The van der Waals surface area contributed by atoms with Crippen molar-refractivity contribution < 1.29 is 13.9 Å². The van der Waals surface area contributed by atoms with E-state index in [0.717, 1.165) is 12.1 Å². The first-order valence-corrected chi connectivity index (χ1v) is 2.99. The topological polar surface area (TPSA) is 26.3 Å². The molecule has 0 atom stereocenters. The van der Waals surface area contributed by atoms with Crippen LogP contribution in [0.4, 0.5) is 4.39 Å². The van der Waals surface area contributed by atoms with Crippen LogP contribution < -0.4 is 0 Å². The summed E-state index contributed by atoms with van der Waals surface area (Å²) in [5, 5.41) is 0. The van der Waals surface area contributed by atoms with Crippen LogP contribution in [0.25, 0.3) is 0 Å². The van der Waals surface area contributed by atoms with E-state index in [1.807, 2.05) is 0 Å². The van der Waals surface area contributed by atoms with Gasteiger partial charge in [0, 0.05) is 0 Å². The summed E-state index contributed by atoms with van der Waals surface area (Å²) in [6.45, 7) is 0. The lowest BCUT2D eigenvalue weighted by Gasteiger charge is -1.96. The molecule has 0 fully saturated rings. The van der Waals surface area contributed by atoms with Gasteiger partial charge in [0.05, 0.1) is 12.7 Å². The van der Waals surface area contributed by atoms with Gasteiger partial charge in [0.25, 0.3) is 0 Å². The molecule has 0 N–H and O–H groups in total. The summed E-state index contributed by atoms with van der Waals surface area (Å²) in [6, 6.07) is 6.08. The van der Waals surface area contributed by atoms with E-state index in [-0.39, 0.29) is 5.56 Å². The van der Waals surface area contributed by atoms with Gasteiger partial charge in [-0.2, -0.15) is 0 Å². The molecule has 0 unspecified atom stereocenters. The summed E-state index contributed by atoms with van der Waals surface area (Å²) < 4.78 is 16.8. The summed E-state index contributed by atoms with van der Waals surface area (Å²) in [6.07, 6.45) is 0. The lowest BCUT2D eigenvalue weighted by Crippen LogP contribution is -2.00. The van der Waals surface area contributed by atoms with Gasteiger partial charge in [-0.05, 0) is 24.3 Å². The van der Waals surface area contributed by atoms with Crippen molar-refractivity contribution in [2.24, 2.45) is 0 Å². The Kier molecular flexibility index (Phi) is 2.21. The second-order valence-corrected chi connectivity index (χ2v) is 1.93. The summed E-state index contributed by atoms with van der Waals surface area (Å²) in [4.78, 5) is 10.8. The quantitative estimate of drug-likeness (QED) is 0.570. The number of ether oxygens (including phenoxy) is 1. The van der Waals surface area contributed by atoms with Crippen LogP contribution in [0.3, 0.4) is 0 Å². The Morgan fingerprint density at radius 2 is 2.36 bits per heavy atom. The van der Waals surface area contributed by atoms with Crippen LogP contribution in [-0.4, -0.2) is 13.1 Å². The molecule has 0 bridgehead atoms. The zero-order valence-corrected chi connectivity index (χ0v) is 5.93. The van der Waals surface area contributed by atoms with Crippen molar-refractivity contribution in [3.8, 4) is 0 Å². The Balaban J connectivity index is 2.96. The maximum absolute atomic E-state index is 12.4. The van der Waals surface area contributed by atoms with Gasteiger partial charge >= 0.3 is 5.97 Å². The molecule has 0 saturated heterocycles. The highest BCUT2D eigenvalue weighted by Crippen LogP contribution is 2.03. The van der Waals surface area contributed by atoms with Crippen LogP contribution in [0.15, 0.2) is 18.2 Å². The number of benzene rings is 1. The summed E-state index contributed by atoms with van der Waals surface area (Å²) >= 11 is 0. The Labute approximate surface area is 63.6 Å². The number of carbonyl (C=O) groups is 1. The molecule has 0 saturated carbocycles. The first kappa shape index (κ1) is 7.72. The summed E-state index contributed by atoms with van der Waals surface area (Å²) in [7, 11) is 1.24. The summed E-state index contributed by atoms with van der Waals surface area (Å²) in [5.74, 6) is -1.05. The standard InChI is InChI=1S/C8H6FO2/c1-11-8(10)6-3-2-4-7(9)5-6/h3-5H,1H3. The molecule has 1 aromatic rings. The van der Waals surface area contributed by atoms with Crippen LogP contribution in [0.2, 0.25) is 0 Å². The Hall–Kier alpha value is -1.38. The molecule has 0 heterocycles. The van der Waals surface area contributed by atoms with E-state index >= 15 is 0 Å². The third kappa shape index (κ3) is 1.77. The molecule has 0 aliphatic carbocycles. The van der Waals surface area contributed by atoms with Gasteiger partial charge in [0.2, 0.25) is 0 Å². The van der Waals surface area contributed by atoms with E-state index in [9.17, 15) is 9.18 Å². The fourth-order valence-corrected chi connectivity index (χ4v) is 0.679. The van der Waals surface area contributed by atoms with Gasteiger partial charge < -0.3 is 4.74 Å². The van der Waals surface area contributed by atoms with E-state index in [4.69, 9.17) is 0 Å². The zero-order valence-electron chi connectivity index (χ0n) is 5.93. The van der Waals surface area contributed by atoms with Gasteiger partial charge in [-0.25, -0.2) is 9.18 Å². The van der Waals surface area contributed by atoms with Crippen molar-refractivity contribution in [2.75, 3.05) is 7.11 Å². The molecule has 0 spiro atoms. The van der Waals surface area contributed by atoms with Crippen LogP contribution in [0, 0.1) is 11.9 Å². The van der Waals surface area contributed by atoms with Crippen LogP contribution in [0.5, 0.6) is 0 Å². The van der Waals surface area contributed by atoms with Crippen molar-refractivity contribution in [2.45, 2.75) is 0 Å². The van der Waals surface area contributed by atoms with E-state index in [1.165, 1.54) is 13.2 Å². The number of hydrogen-bond donors (Lipinski definition) is 0. The predicted molar refractivity (Wildman–Crippen MR) is 36.6 cm³/mol. The van der Waals surface area contributed by atoms with Crippen LogP contribution >= 0.6 is 0 Å². The monoisotopic (exact) mass is 153 g/mol. The highest BCUT2D eigenvalue weighted by atomic mass is 19.1. The molecule has 2 nitrogen and oxygen atoms in total. The number of hydrogen-bond acceptors (Lipinski definition) is 2. The molecule has 0 aliphatic heterocycles. The third-order valence-electron chi connectivity index (χ3n) is 1.17. The van der Waals surface area contributed by atoms with Gasteiger partial charge in [-0.1, -0.05) is 0 Å². The highest BCUT2D eigenvalue weighted by molar-refractivity contribution is 5.89. The second kappa shape index (κ2) is 3.14. The van der Waals surface area contributed by atoms with E-state index < -0.39 is 11.8 Å². The highest BCUT2D eigenvalue weighted by Gasteiger charge is 2.04. The summed E-state index contributed by atoms with van der Waals surface area (Å²) in [5.41, 5.74) is 0.174. The van der Waals surface area contributed by atoms with Crippen LogP contribution in [-0.2, 0) is 4.74 Å². The Morgan fingerprint density at radius 3 is 2.91 bits per heavy atom. The van der Waals surface area contributed by atoms with Crippen molar-refractivity contribution >= 4 is 5.97 Å². The van der Waals surface area contributed by atoms with Gasteiger partial charge in [0.15, 0.2) is 0 Å². The average Bonchev–Trinajstić information content (AvgIpc) is 2.03. The first-order valence-electron chi connectivity index (χ1n) is 2.99. The normalized spacial score (nSPS) is 9.27. The smallest absolute Gasteiger partial charge is 0.337 e. The fourth-order valence-electron chi connectivity index (χ4n) is 0.679. The fraction of sp³-hybridized carbons (Fsp3) is 0.125. The number of carbonyl (C=O) groups excluding carboxylic acids is 1. The molecule has 0 amide bonds. The van der Waals surface area contributed by atoms with Gasteiger partial charge in [-0.3, -0.25) is 0 Å². The molecular weight excluding hydrogens is 147 g/mol. The Bertz CT molecular complexity index is 271. The number of methoxy groups -OCH3 is 1. The lowest BCUT2D eigenvalue weighted by molar-refractivity contribution is 0.0600. The molecule has 3 heteroatoms. The average molecular weight is 153 g/mol. The molecular formula is C8H6FO2. The maximum Gasteiger partial charge on any atom is 0.337 e. The SMILES string of the molecule is COC(=O)c1c[c]cc(F)c1. The van der Waals surface area contributed by atoms with Crippen molar-refractivity contribution in [3.63, 3.8) is 0 Å². The molecule has 1 radical (unpaired) electrons. The van der Waals surface area contributed by atoms with Crippen molar-refractivity contribution in [1.29, 1.82) is 0 Å². The number of halogens is 1.